The van der Waals surface area contributed by atoms with Gasteiger partial charge < -0.3 is 14.6 Å². The van der Waals surface area contributed by atoms with Gasteiger partial charge in [-0.25, -0.2) is 9.18 Å². The second-order valence-electron chi connectivity index (χ2n) is 4.49. The van der Waals surface area contributed by atoms with Gasteiger partial charge in [-0.05, 0) is 25.5 Å². The Morgan fingerprint density at radius 2 is 2.32 bits per heavy atom. The number of ether oxygens (including phenoxy) is 1. The summed E-state index contributed by atoms with van der Waals surface area (Å²) in [6.07, 6.45) is -0.139. The fourth-order valence-electron chi connectivity index (χ4n) is 1.91. The molecule has 19 heavy (non-hydrogen) atoms. The van der Waals surface area contributed by atoms with E-state index in [1.807, 2.05) is 0 Å². The highest BCUT2D eigenvalue weighted by Gasteiger charge is 2.32. The molecule has 1 aromatic carbocycles. The predicted molar refractivity (Wildman–Crippen MR) is 65.6 cm³/mol. The largest absolute Gasteiger partial charge is 0.505 e. The van der Waals surface area contributed by atoms with E-state index in [-0.39, 0.29) is 18.4 Å². The number of phenolic OH excluding ortho intramolecular Hbond substituents is 1. The van der Waals surface area contributed by atoms with Crippen LogP contribution in [0.5, 0.6) is 5.75 Å². The summed E-state index contributed by atoms with van der Waals surface area (Å²) >= 11 is 0. The van der Waals surface area contributed by atoms with Crippen LogP contribution < -0.4 is 4.90 Å². The number of Topliss-reactive ketones (excluding diaryl/α,β-unsaturated/α-hetero) is 1. The van der Waals surface area contributed by atoms with E-state index in [0.29, 0.717) is 18.5 Å². The average Bonchev–Trinajstić information content (AvgIpc) is 2.72. The molecular weight excluding hydrogens is 253 g/mol. The van der Waals surface area contributed by atoms with Crippen LogP contribution in [0.25, 0.3) is 0 Å². The molecule has 1 aliphatic heterocycles. The number of hydrogen-bond donors (Lipinski definition) is 1. The number of amides is 1. The first-order valence-corrected chi connectivity index (χ1v) is 5.93. The van der Waals surface area contributed by atoms with Crippen molar-refractivity contribution in [1.82, 2.24) is 0 Å². The molecule has 0 saturated carbocycles. The Morgan fingerprint density at radius 1 is 1.58 bits per heavy atom. The first-order chi connectivity index (χ1) is 8.97. The van der Waals surface area contributed by atoms with Crippen molar-refractivity contribution in [3.8, 4) is 5.75 Å². The topological polar surface area (TPSA) is 66.8 Å². The Labute approximate surface area is 109 Å². The van der Waals surface area contributed by atoms with Gasteiger partial charge in [-0.3, -0.25) is 4.90 Å². The second-order valence-corrected chi connectivity index (χ2v) is 4.49. The van der Waals surface area contributed by atoms with Gasteiger partial charge in [0.25, 0.3) is 0 Å². The van der Waals surface area contributed by atoms with Crippen LogP contribution in [-0.2, 0) is 9.53 Å². The number of carbonyl (C=O) groups excluding carboxylic acids is 2. The van der Waals surface area contributed by atoms with E-state index in [1.54, 1.807) is 0 Å². The van der Waals surface area contributed by atoms with Crippen LogP contribution >= 0.6 is 0 Å². The molecule has 5 nitrogen and oxygen atoms in total. The molecule has 1 atom stereocenters. The summed E-state index contributed by atoms with van der Waals surface area (Å²) in [7, 11) is 0. The lowest BCUT2D eigenvalue weighted by Crippen LogP contribution is -2.24. The number of aromatic hydroxyl groups is 1. The number of benzene rings is 1. The van der Waals surface area contributed by atoms with Gasteiger partial charge in [0.1, 0.15) is 11.9 Å². The summed E-state index contributed by atoms with van der Waals surface area (Å²) in [6, 6.07) is 3.69. The summed E-state index contributed by atoms with van der Waals surface area (Å²) in [5.74, 6) is -1.23. The van der Waals surface area contributed by atoms with Gasteiger partial charge >= 0.3 is 6.09 Å². The van der Waals surface area contributed by atoms with Crippen LogP contribution in [0.1, 0.15) is 19.8 Å². The van der Waals surface area contributed by atoms with Gasteiger partial charge in [0, 0.05) is 12.5 Å². The quantitative estimate of drug-likeness (QED) is 0.908. The number of cyclic esters (lactones) is 1. The number of halogens is 1. The van der Waals surface area contributed by atoms with Crippen molar-refractivity contribution < 1.29 is 23.8 Å². The van der Waals surface area contributed by atoms with Crippen LogP contribution in [-0.4, -0.2) is 29.6 Å². The molecule has 1 aliphatic rings. The lowest BCUT2D eigenvalue weighted by Gasteiger charge is -2.13. The van der Waals surface area contributed by atoms with E-state index in [4.69, 9.17) is 9.84 Å². The van der Waals surface area contributed by atoms with Gasteiger partial charge in [0.05, 0.1) is 12.2 Å². The summed E-state index contributed by atoms with van der Waals surface area (Å²) in [6.45, 7) is 1.75. The summed E-state index contributed by atoms with van der Waals surface area (Å²) < 4.78 is 18.3. The molecule has 2 rings (SSSR count). The number of nitrogens with zero attached hydrogens (tertiary/aromatic N) is 1. The monoisotopic (exact) mass is 267 g/mol. The molecule has 1 amide bonds. The fraction of sp³-hybridized carbons (Fsp3) is 0.385. The highest BCUT2D eigenvalue weighted by atomic mass is 19.1. The normalized spacial score (nSPS) is 18.5. The predicted octanol–water partition coefficient (Wildman–Crippen LogP) is 2.23. The smallest absolute Gasteiger partial charge is 0.414 e. The van der Waals surface area contributed by atoms with E-state index in [9.17, 15) is 14.0 Å². The zero-order chi connectivity index (χ0) is 14.0. The maximum absolute atomic E-state index is 13.2. The van der Waals surface area contributed by atoms with Gasteiger partial charge in [0.15, 0.2) is 11.6 Å². The molecule has 1 heterocycles. The van der Waals surface area contributed by atoms with Crippen LogP contribution in [0.15, 0.2) is 18.2 Å². The van der Waals surface area contributed by atoms with E-state index in [1.165, 1.54) is 24.0 Å². The lowest BCUT2D eigenvalue weighted by molar-refractivity contribution is -0.117. The minimum atomic E-state index is -0.794. The Hall–Kier alpha value is -2.11. The highest BCUT2D eigenvalue weighted by Crippen LogP contribution is 2.27. The van der Waals surface area contributed by atoms with Gasteiger partial charge in [-0.15, -0.1) is 0 Å². The number of ketones is 1. The third-order valence-electron chi connectivity index (χ3n) is 2.94. The first kappa shape index (κ1) is 13.3. The maximum Gasteiger partial charge on any atom is 0.414 e. The molecule has 102 valence electrons. The molecule has 0 bridgehead atoms. The van der Waals surface area contributed by atoms with Crippen molar-refractivity contribution in [2.75, 3.05) is 11.4 Å². The number of phenols is 1. The molecule has 0 unspecified atom stereocenters. The van der Waals surface area contributed by atoms with Crippen molar-refractivity contribution in [2.24, 2.45) is 0 Å². The van der Waals surface area contributed by atoms with Crippen molar-refractivity contribution >= 4 is 17.6 Å². The van der Waals surface area contributed by atoms with E-state index < -0.39 is 17.7 Å². The van der Waals surface area contributed by atoms with E-state index >= 15 is 0 Å². The van der Waals surface area contributed by atoms with Crippen LogP contribution in [0, 0.1) is 5.82 Å². The molecule has 1 fully saturated rings. The Bertz CT molecular complexity index is 517. The maximum atomic E-state index is 13.2. The molecule has 0 radical (unpaired) electrons. The number of carbonyl (C=O) groups is 2. The zero-order valence-electron chi connectivity index (χ0n) is 10.4. The van der Waals surface area contributed by atoms with Gasteiger partial charge in [0.2, 0.25) is 0 Å². The molecular formula is C13H14FNO4. The zero-order valence-corrected chi connectivity index (χ0v) is 10.4. The van der Waals surface area contributed by atoms with Gasteiger partial charge in [-0.1, -0.05) is 0 Å². The molecule has 1 saturated heterocycles. The summed E-state index contributed by atoms with van der Waals surface area (Å²) in [5.41, 5.74) is 0.325. The van der Waals surface area contributed by atoms with Crippen LogP contribution in [0.3, 0.4) is 0 Å². The molecule has 0 aliphatic carbocycles. The minimum absolute atomic E-state index is 0.0326. The van der Waals surface area contributed by atoms with E-state index in [0.717, 1.165) is 6.07 Å². The van der Waals surface area contributed by atoms with Crippen molar-refractivity contribution in [3.63, 3.8) is 0 Å². The third-order valence-corrected chi connectivity index (χ3v) is 2.94. The fourth-order valence-corrected chi connectivity index (χ4v) is 1.91. The third kappa shape index (κ3) is 3.01. The standard InChI is InChI=1S/C13H14FNO4/c1-8(16)2-4-10-7-15(13(18)19-10)9-3-5-12(17)11(14)6-9/h3,5-6,10,17H,2,4,7H2,1H3/t10-/m0/s1. The summed E-state index contributed by atoms with van der Waals surface area (Å²) in [4.78, 5) is 23.8. The van der Waals surface area contributed by atoms with Crippen LogP contribution in [0.4, 0.5) is 14.9 Å². The Kier molecular flexibility index (Phi) is 3.69. The SMILES string of the molecule is CC(=O)CC[C@H]1CN(c2ccc(O)c(F)c2)C(=O)O1. The first-order valence-electron chi connectivity index (χ1n) is 5.93. The number of anilines is 1. The summed E-state index contributed by atoms with van der Waals surface area (Å²) in [5, 5.41) is 9.10. The molecule has 0 spiro atoms. The van der Waals surface area contributed by atoms with Crippen LogP contribution in [0.2, 0.25) is 0 Å². The van der Waals surface area contributed by atoms with Gasteiger partial charge in [-0.2, -0.15) is 0 Å². The molecule has 6 heteroatoms. The number of hydrogen-bond acceptors (Lipinski definition) is 4. The van der Waals surface area contributed by atoms with Crippen molar-refractivity contribution in [1.29, 1.82) is 0 Å². The van der Waals surface area contributed by atoms with E-state index in [2.05, 4.69) is 0 Å². The second kappa shape index (κ2) is 5.26. The highest BCUT2D eigenvalue weighted by molar-refractivity contribution is 5.89. The minimum Gasteiger partial charge on any atom is -0.505 e. The van der Waals surface area contributed by atoms with Crippen molar-refractivity contribution in [3.05, 3.63) is 24.0 Å². The Balaban J connectivity index is 2.07. The number of rotatable bonds is 4. The average molecular weight is 267 g/mol. The van der Waals surface area contributed by atoms with Crippen molar-refractivity contribution in [2.45, 2.75) is 25.9 Å². The lowest BCUT2D eigenvalue weighted by atomic mass is 10.1. The molecule has 1 N–H and O–H groups in total. The Morgan fingerprint density at radius 3 is 2.95 bits per heavy atom. The molecule has 0 aromatic heterocycles. The molecule has 1 aromatic rings.